The number of aromatic nitrogens is 3. The van der Waals surface area contributed by atoms with Gasteiger partial charge in [-0.3, -0.25) is 9.89 Å². The number of thioether (sulfide) groups is 1. The van der Waals surface area contributed by atoms with E-state index in [1.54, 1.807) is 11.3 Å². The predicted molar refractivity (Wildman–Crippen MR) is 97.5 cm³/mol. The van der Waals surface area contributed by atoms with E-state index < -0.39 is 0 Å². The lowest BCUT2D eigenvalue weighted by Gasteiger charge is -2.22. The molecule has 3 heterocycles. The van der Waals surface area contributed by atoms with Crippen LogP contribution >= 0.6 is 23.1 Å². The number of fused-ring (bicyclic) bond motifs is 1. The van der Waals surface area contributed by atoms with Crippen molar-refractivity contribution < 1.29 is 4.79 Å². The van der Waals surface area contributed by atoms with Crippen LogP contribution in [-0.2, 0) is 11.2 Å². The number of nitrogens with one attached hydrogen (secondary N) is 1. The highest BCUT2D eigenvalue weighted by atomic mass is 32.2. The van der Waals surface area contributed by atoms with Crippen LogP contribution in [0.4, 0.5) is 5.69 Å². The van der Waals surface area contributed by atoms with Crippen molar-refractivity contribution in [3.05, 3.63) is 47.3 Å². The van der Waals surface area contributed by atoms with Gasteiger partial charge in [-0.2, -0.15) is 0 Å². The minimum Gasteiger partial charge on any atom is -0.308 e. The van der Waals surface area contributed by atoms with Gasteiger partial charge in [0.15, 0.2) is 5.82 Å². The molecule has 1 aromatic carbocycles. The molecule has 3 aromatic rings. The molecule has 1 atom stereocenters. The van der Waals surface area contributed by atoms with Gasteiger partial charge in [0.2, 0.25) is 11.1 Å². The zero-order valence-corrected chi connectivity index (χ0v) is 14.7. The van der Waals surface area contributed by atoms with Gasteiger partial charge < -0.3 is 4.90 Å². The van der Waals surface area contributed by atoms with Gasteiger partial charge >= 0.3 is 0 Å². The number of rotatable bonds is 4. The quantitative estimate of drug-likeness (QED) is 0.726. The molecule has 0 fully saturated rings. The van der Waals surface area contributed by atoms with Gasteiger partial charge in [-0.15, -0.1) is 16.4 Å². The molecule has 1 aliphatic rings. The highest BCUT2D eigenvalue weighted by Gasteiger charge is 2.30. The molecule has 1 amide bonds. The number of aromatic amines is 1. The number of amides is 1. The molecule has 0 aliphatic carbocycles. The van der Waals surface area contributed by atoms with E-state index in [0.717, 1.165) is 22.8 Å². The standard InChI is InChI=1S/C17H16N4OS2/c1-11-9-12-5-2-3-6-13(12)21(11)15(22)10-24-17-18-16(19-20-17)14-7-4-8-23-14/h2-8,11H,9-10H2,1H3,(H,18,19,20)/t11-/m1/s1. The Balaban J connectivity index is 1.44. The summed E-state index contributed by atoms with van der Waals surface area (Å²) in [5.41, 5.74) is 2.27. The zero-order valence-electron chi connectivity index (χ0n) is 13.1. The number of anilines is 1. The van der Waals surface area contributed by atoms with E-state index in [1.165, 1.54) is 17.3 Å². The first-order chi connectivity index (χ1) is 11.7. The molecule has 1 aliphatic heterocycles. The van der Waals surface area contributed by atoms with Gasteiger partial charge in [0.05, 0.1) is 10.6 Å². The molecule has 1 N–H and O–H groups in total. The number of nitrogens with zero attached hydrogens (tertiary/aromatic N) is 3. The highest BCUT2D eigenvalue weighted by molar-refractivity contribution is 7.99. The normalized spacial score (nSPS) is 16.4. The molecule has 0 bridgehead atoms. The number of hydrogen-bond donors (Lipinski definition) is 1. The Labute approximate surface area is 148 Å². The molecule has 4 rings (SSSR count). The first-order valence-corrected chi connectivity index (χ1v) is 9.58. The molecular weight excluding hydrogens is 340 g/mol. The van der Waals surface area contributed by atoms with Crippen LogP contribution in [0.15, 0.2) is 46.9 Å². The van der Waals surface area contributed by atoms with E-state index in [-0.39, 0.29) is 11.9 Å². The molecule has 0 saturated carbocycles. The summed E-state index contributed by atoms with van der Waals surface area (Å²) in [5.74, 6) is 1.18. The monoisotopic (exact) mass is 356 g/mol. The molecule has 2 aromatic heterocycles. The molecular formula is C17H16N4OS2. The second-order valence-electron chi connectivity index (χ2n) is 5.68. The summed E-state index contributed by atoms with van der Waals surface area (Å²) < 4.78 is 0. The lowest BCUT2D eigenvalue weighted by Crippen LogP contribution is -2.36. The Morgan fingerprint density at radius 3 is 3.08 bits per heavy atom. The molecule has 7 heteroatoms. The Bertz CT molecular complexity index is 859. The Morgan fingerprint density at radius 1 is 1.38 bits per heavy atom. The third-order valence-electron chi connectivity index (χ3n) is 4.02. The van der Waals surface area contributed by atoms with Crippen LogP contribution in [0.5, 0.6) is 0 Å². The van der Waals surface area contributed by atoms with E-state index in [9.17, 15) is 4.79 Å². The minimum absolute atomic E-state index is 0.0972. The van der Waals surface area contributed by atoms with Crippen LogP contribution in [0.1, 0.15) is 12.5 Å². The third-order valence-corrected chi connectivity index (χ3v) is 5.73. The van der Waals surface area contributed by atoms with Crippen molar-refractivity contribution in [1.29, 1.82) is 0 Å². The molecule has 24 heavy (non-hydrogen) atoms. The smallest absolute Gasteiger partial charge is 0.237 e. The predicted octanol–water partition coefficient (Wildman–Crippen LogP) is 3.60. The SMILES string of the molecule is C[C@@H]1Cc2ccccc2N1C(=O)CSc1n[nH]c(-c2cccs2)n1. The summed E-state index contributed by atoms with van der Waals surface area (Å²) in [5, 5.41) is 9.73. The van der Waals surface area contributed by atoms with Crippen molar-refractivity contribution in [2.45, 2.75) is 24.5 Å². The average Bonchev–Trinajstić information content (AvgIpc) is 3.31. The van der Waals surface area contributed by atoms with Crippen molar-refractivity contribution >= 4 is 34.7 Å². The van der Waals surface area contributed by atoms with Gasteiger partial charge in [0.1, 0.15) is 0 Å². The summed E-state index contributed by atoms with van der Waals surface area (Å²) >= 11 is 2.98. The Kier molecular flexibility index (Phi) is 4.12. The van der Waals surface area contributed by atoms with Crippen molar-refractivity contribution in [3.63, 3.8) is 0 Å². The first-order valence-electron chi connectivity index (χ1n) is 7.71. The number of para-hydroxylation sites is 1. The van der Waals surface area contributed by atoms with Crippen molar-refractivity contribution in [2.24, 2.45) is 0 Å². The zero-order chi connectivity index (χ0) is 16.5. The number of H-pyrrole nitrogens is 1. The van der Waals surface area contributed by atoms with Crippen LogP contribution in [0.3, 0.4) is 0 Å². The second kappa shape index (κ2) is 6.41. The largest absolute Gasteiger partial charge is 0.308 e. The maximum absolute atomic E-state index is 12.7. The van der Waals surface area contributed by atoms with Gasteiger partial charge in [0.25, 0.3) is 0 Å². The van der Waals surface area contributed by atoms with E-state index in [4.69, 9.17) is 0 Å². The molecule has 0 unspecified atom stereocenters. The number of carbonyl (C=O) groups excluding carboxylic acids is 1. The van der Waals surface area contributed by atoms with Crippen LogP contribution in [0, 0.1) is 0 Å². The van der Waals surface area contributed by atoms with Gasteiger partial charge in [-0.25, -0.2) is 4.98 Å². The average molecular weight is 356 g/mol. The lowest BCUT2D eigenvalue weighted by atomic mass is 10.1. The number of carbonyl (C=O) groups is 1. The first kappa shape index (κ1) is 15.4. The maximum Gasteiger partial charge on any atom is 0.237 e. The van der Waals surface area contributed by atoms with Gasteiger partial charge in [-0.05, 0) is 36.4 Å². The van der Waals surface area contributed by atoms with Gasteiger partial charge in [-0.1, -0.05) is 36.0 Å². The van der Waals surface area contributed by atoms with Crippen LogP contribution < -0.4 is 4.90 Å². The minimum atomic E-state index is 0.0972. The topological polar surface area (TPSA) is 61.9 Å². The Morgan fingerprint density at radius 2 is 2.25 bits per heavy atom. The van der Waals surface area contributed by atoms with Crippen LogP contribution in [0.2, 0.25) is 0 Å². The van der Waals surface area contributed by atoms with E-state index in [0.29, 0.717) is 10.9 Å². The molecule has 0 radical (unpaired) electrons. The highest BCUT2D eigenvalue weighted by Crippen LogP contribution is 2.32. The van der Waals surface area contributed by atoms with Crippen molar-refractivity contribution in [1.82, 2.24) is 15.2 Å². The van der Waals surface area contributed by atoms with Crippen molar-refractivity contribution in [2.75, 3.05) is 10.7 Å². The van der Waals surface area contributed by atoms with E-state index >= 15 is 0 Å². The van der Waals surface area contributed by atoms with Crippen LogP contribution in [0.25, 0.3) is 10.7 Å². The molecule has 0 saturated heterocycles. The number of benzene rings is 1. The van der Waals surface area contributed by atoms with E-state index in [1.807, 2.05) is 40.6 Å². The lowest BCUT2D eigenvalue weighted by molar-refractivity contribution is -0.116. The van der Waals surface area contributed by atoms with Crippen LogP contribution in [-0.4, -0.2) is 32.9 Å². The fourth-order valence-corrected chi connectivity index (χ4v) is 4.30. The molecule has 0 spiro atoms. The van der Waals surface area contributed by atoms with E-state index in [2.05, 4.69) is 28.2 Å². The summed E-state index contributed by atoms with van der Waals surface area (Å²) in [6.45, 7) is 2.09. The Hall–Kier alpha value is -2.12. The summed E-state index contributed by atoms with van der Waals surface area (Å²) in [7, 11) is 0. The molecule has 122 valence electrons. The van der Waals surface area contributed by atoms with Gasteiger partial charge in [0, 0.05) is 11.7 Å². The molecule has 5 nitrogen and oxygen atoms in total. The fourth-order valence-electron chi connectivity index (χ4n) is 2.98. The van der Waals surface area contributed by atoms with Crippen molar-refractivity contribution in [3.8, 4) is 10.7 Å². The summed E-state index contributed by atoms with van der Waals surface area (Å²) in [4.78, 5) is 20.1. The summed E-state index contributed by atoms with van der Waals surface area (Å²) in [6.07, 6.45) is 0.912. The third kappa shape index (κ3) is 2.85. The summed E-state index contributed by atoms with van der Waals surface area (Å²) in [6, 6.07) is 12.3. The number of hydrogen-bond acceptors (Lipinski definition) is 5. The fraction of sp³-hybridized carbons (Fsp3) is 0.235. The maximum atomic E-state index is 12.7. The second-order valence-corrected chi connectivity index (χ2v) is 7.57. The number of thiophene rings is 1.